The highest BCUT2D eigenvalue weighted by molar-refractivity contribution is 14.0. The molecule has 0 bridgehead atoms. The van der Waals surface area contributed by atoms with Crippen LogP contribution in [-0.4, -0.2) is 39.3 Å². The van der Waals surface area contributed by atoms with Gasteiger partial charge in [-0.1, -0.05) is 36.4 Å². The fourth-order valence-electron chi connectivity index (χ4n) is 1.93. The first-order chi connectivity index (χ1) is 11.4. The molecule has 0 saturated heterocycles. The number of aliphatic imine (C=N–C) groups is 1. The van der Waals surface area contributed by atoms with E-state index in [4.69, 9.17) is 9.47 Å². The number of benzene rings is 2. The summed E-state index contributed by atoms with van der Waals surface area (Å²) in [5.41, 5.74) is 0. The lowest BCUT2D eigenvalue weighted by Crippen LogP contribution is -2.40. The van der Waals surface area contributed by atoms with Crippen molar-refractivity contribution in [2.24, 2.45) is 4.99 Å². The van der Waals surface area contributed by atoms with Crippen molar-refractivity contribution in [2.75, 3.05) is 33.4 Å². The molecule has 2 rings (SSSR count). The predicted octanol–water partition coefficient (Wildman–Crippen LogP) is 2.93. The first-order valence-electron chi connectivity index (χ1n) is 7.68. The highest BCUT2D eigenvalue weighted by Gasteiger charge is 1.98. The molecule has 0 atom stereocenters. The average Bonchev–Trinajstić information content (AvgIpc) is 2.62. The maximum absolute atomic E-state index is 5.61. The van der Waals surface area contributed by atoms with Crippen LogP contribution in [0.15, 0.2) is 65.7 Å². The van der Waals surface area contributed by atoms with Crippen molar-refractivity contribution in [1.82, 2.24) is 10.6 Å². The second-order valence-electron chi connectivity index (χ2n) is 4.75. The highest BCUT2D eigenvalue weighted by Crippen LogP contribution is 2.08. The van der Waals surface area contributed by atoms with E-state index in [1.54, 1.807) is 7.05 Å². The Morgan fingerprint density at radius 2 is 1.21 bits per heavy atom. The first kappa shape index (κ1) is 20.1. The fraction of sp³-hybridized carbons (Fsp3) is 0.278. The van der Waals surface area contributed by atoms with Gasteiger partial charge >= 0.3 is 0 Å². The second kappa shape index (κ2) is 12.5. The Hall–Kier alpha value is -1.96. The Morgan fingerprint density at radius 1 is 0.792 bits per heavy atom. The summed E-state index contributed by atoms with van der Waals surface area (Å²) in [5, 5.41) is 6.39. The summed E-state index contributed by atoms with van der Waals surface area (Å²) in [6, 6.07) is 19.5. The van der Waals surface area contributed by atoms with Gasteiger partial charge in [0.05, 0.1) is 13.1 Å². The van der Waals surface area contributed by atoms with Crippen molar-refractivity contribution in [3.05, 3.63) is 60.7 Å². The van der Waals surface area contributed by atoms with E-state index in [-0.39, 0.29) is 24.0 Å². The van der Waals surface area contributed by atoms with Crippen LogP contribution < -0.4 is 20.1 Å². The molecule has 5 nitrogen and oxygen atoms in total. The van der Waals surface area contributed by atoms with Crippen LogP contribution in [0.1, 0.15) is 0 Å². The molecule has 2 N–H and O–H groups in total. The van der Waals surface area contributed by atoms with Crippen LogP contribution in [0.2, 0.25) is 0 Å². The Kier molecular flexibility index (Phi) is 10.4. The molecule has 0 aromatic heterocycles. The number of hydrogen-bond acceptors (Lipinski definition) is 3. The molecule has 24 heavy (non-hydrogen) atoms. The van der Waals surface area contributed by atoms with E-state index in [9.17, 15) is 0 Å². The summed E-state index contributed by atoms with van der Waals surface area (Å²) in [7, 11) is 1.74. The number of rotatable bonds is 8. The number of nitrogens with zero attached hydrogens (tertiary/aromatic N) is 1. The van der Waals surface area contributed by atoms with Gasteiger partial charge in [0.25, 0.3) is 0 Å². The minimum Gasteiger partial charge on any atom is -0.492 e. The Balaban J connectivity index is 0.00000288. The zero-order valence-electron chi connectivity index (χ0n) is 13.8. The number of ether oxygens (including phenoxy) is 2. The number of para-hydroxylation sites is 2. The van der Waals surface area contributed by atoms with Crippen LogP contribution in [0.5, 0.6) is 11.5 Å². The normalized spacial score (nSPS) is 9.38. The minimum atomic E-state index is 0. The Labute approximate surface area is 160 Å². The van der Waals surface area contributed by atoms with Crippen LogP contribution >= 0.6 is 24.0 Å². The smallest absolute Gasteiger partial charge is 0.191 e. The number of guanidine groups is 1. The lowest BCUT2D eigenvalue weighted by atomic mass is 10.3. The number of nitrogens with one attached hydrogen (secondary N) is 2. The molecule has 0 fully saturated rings. The quantitative estimate of drug-likeness (QED) is 0.286. The predicted molar refractivity (Wildman–Crippen MR) is 109 cm³/mol. The monoisotopic (exact) mass is 441 g/mol. The molecule has 2 aromatic rings. The van der Waals surface area contributed by atoms with Gasteiger partial charge in [-0.3, -0.25) is 4.99 Å². The van der Waals surface area contributed by atoms with Crippen LogP contribution in [0.3, 0.4) is 0 Å². The third-order valence-corrected chi connectivity index (χ3v) is 3.04. The van der Waals surface area contributed by atoms with Crippen LogP contribution in [0.4, 0.5) is 0 Å². The Morgan fingerprint density at radius 3 is 1.58 bits per heavy atom. The van der Waals surface area contributed by atoms with Crippen LogP contribution in [-0.2, 0) is 0 Å². The van der Waals surface area contributed by atoms with Crippen molar-refractivity contribution >= 4 is 29.9 Å². The molecule has 0 radical (unpaired) electrons. The highest BCUT2D eigenvalue weighted by atomic mass is 127. The van der Waals surface area contributed by atoms with Crippen LogP contribution in [0, 0.1) is 0 Å². The fourth-order valence-corrected chi connectivity index (χ4v) is 1.93. The summed E-state index contributed by atoms with van der Waals surface area (Å²) < 4.78 is 11.2. The summed E-state index contributed by atoms with van der Waals surface area (Å²) in [6.07, 6.45) is 0. The third-order valence-electron chi connectivity index (χ3n) is 3.04. The molecular weight excluding hydrogens is 417 g/mol. The van der Waals surface area contributed by atoms with E-state index in [2.05, 4.69) is 15.6 Å². The van der Waals surface area contributed by atoms with Crippen molar-refractivity contribution in [1.29, 1.82) is 0 Å². The summed E-state index contributed by atoms with van der Waals surface area (Å²) in [5.74, 6) is 2.47. The SMILES string of the molecule is CN=C(NCCOc1ccccc1)NCCOc1ccccc1.I. The largest absolute Gasteiger partial charge is 0.492 e. The zero-order valence-corrected chi connectivity index (χ0v) is 16.1. The van der Waals surface area contributed by atoms with Crippen molar-refractivity contribution in [2.45, 2.75) is 0 Å². The average molecular weight is 441 g/mol. The van der Waals surface area contributed by atoms with E-state index in [0.717, 1.165) is 17.5 Å². The summed E-state index contributed by atoms with van der Waals surface area (Å²) in [4.78, 5) is 4.16. The molecule has 0 aliphatic rings. The lowest BCUT2D eigenvalue weighted by molar-refractivity contribution is 0.317. The van der Waals surface area contributed by atoms with Gasteiger partial charge in [-0.25, -0.2) is 0 Å². The van der Waals surface area contributed by atoms with Gasteiger partial charge in [0.2, 0.25) is 0 Å². The third kappa shape index (κ3) is 8.05. The topological polar surface area (TPSA) is 54.9 Å². The summed E-state index contributed by atoms with van der Waals surface area (Å²) in [6.45, 7) is 2.50. The van der Waals surface area contributed by atoms with E-state index in [1.165, 1.54) is 0 Å². The molecule has 6 heteroatoms. The molecule has 0 unspecified atom stereocenters. The zero-order chi connectivity index (χ0) is 16.2. The number of halogens is 1. The molecule has 0 aliphatic heterocycles. The van der Waals surface area contributed by atoms with Gasteiger partial charge in [-0.05, 0) is 24.3 Å². The second-order valence-corrected chi connectivity index (χ2v) is 4.75. The van der Waals surface area contributed by atoms with E-state index in [1.807, 2.05) is 60.7 Å². The van der Waals surface area contributed by atoms with Gasteiger partial charge in [0, 0.05) is 7.05 Å². The van der Waals surface area contributed by atoms with Crippen molar-refractivity contribution in [3.8, 4) is 11.5 Å². The lowest BCUT2D eigenvalue weighted by Gasteiger charge is -2.13. The minimum absolute atomic E-state index is 0. The standard InChI is InChI=1S/C18H23N3O2.HI/c1-19-18(20-12-14-22-16-8-4-2-5-9-16)21-13-15-23-17-10-6-3-7-11-17;/h2-11H,12-15H2,1H3,(H2,19,20,21);1H. The molecule has 0 amide bonds. The van der Waals surface area contributed by atoms with Gasteiger partial charge in [0.15, 0.2) is 5.96 Å². The van der Waals surface area contributed by atoms with E-state index < -0.39 is 0 Å². The molecule has 0 saturated carbocycles. The maximum atomic E-state index is 5.61. The molecule has 2 aromatic carbocycles. The van der Waals surface area contributed by atoms with Gasteiger partial charge in [-0.2, -0.15) is 0 Å². The molecule has 0 spiro atoms. The number of hydrogen-bond donors (Lipinski definition) is 2. The maximum Gasteiger partial charge on any atom is 0.191 e. The summed E-state index contributed by atoms with van der Waals surface area (Å²) >= 11 is 0. The molecular formula is C18H24IN3O2. The van der Waals surface area contributed by atoms with Gasteiger partial charge in [-0.15, -0.1) is 24.0 Å². The molecule has 0 heterocycles. The first-order valence-corrected chi connectivity index (χ1v) is 7.68. The van der Waals surface area contributed by atoms with Crippen molar-refractivity contribution in [3.63, 3.8) is 0 Å². The molecule has 0 aliphatic carbocycles. The van der Waals surface area contributed by atoms with Gasteiger partial charge in [0.1, 0.15) is 24.7 Å². The van der Waals surface area contributed by atoms with Crippen molar-refractivity contribution < 1.29 is 9.47 Å². The van der Waals surface area contributed by atoms with E-state index in [0.29, 0.717) is 26.3 Å². The van der Waals surface area contributed by atoms with Gasteiger partial charge < -0.3 is 20.1 Å². The Bertz CT molecular complexity index is 530. The molecule has 130 valence electrons. The van der Waals surface area contributed by atoms with E-state index >= 15 is 0 Å². The van der Waals surface area contributed by atoms with Crippen LogP contribution in [0.25, 0.3) is 0 Å².